The van der Waals surface area contributed by atoms with Gasteiger partial charge < -0.3 is 11.1 Å². The third kappa shape index (κ3) is 5.11. The summed E-state index contributed by atoms with van der Waals surface area (Å²) in [4.78, 5) is 35.9. The number of benzene rings is 2. The molecule has 10 heteroatoms. The van der Waals surface area contributed by atoms with E-state index in [1.165, 1.54) is 35.6 Å². The average Bonchev–Trinajstić information content (AvgIpc) is 3.03. The monoisotopic (exact) mass is 454 g/mol. The molecule has 0 spiro atoms. The maximum Gasteiger partial charge on any atom is 0.282 e. The van der Waals surface area contributed by atoms with Crippen LogP contribution in [0.2, 0.25) is 0 Å². The fourth-order valence-electron chi connectivity index (χ4n) is 3.02. The lowest BCUT2D eigenvalue weighted by atomic mass is 10.1. The van der Waals surface area contributed by atoms with Crippen molar-refractivity contribution >= 4 is 51.2 Å². The predicted molar refractivity (Wildman–Crippen MR) is 124 cm³/mol. The largest absolute Gasteiger partial charge is 0.365 e. The molecule has 0 radical (unpaired) electrons. The smallest absolute Gasteiger partial charge is 0.282 e. The molecule has 3 aromatic rings. The first kappa shape index (κ1) is 22.1. The predicted octanol–water partition coefficient (Wildman–Crippen LogP) is 3.78. The van der Waals surface area contributed by atoms with Crippen molar-refractivity contribution in [3.63, 3.8) is 0 Å². The van der Waals surface area contributed by atoms with Gasteiger partial charge in [0.1, 0.15) is 10.6 Å². The first-order valence-electron chi connectivity index (χ1n) is 9.09. The Balaban J connectivity index is 1.81. The van der Waals surface area contributed by atoms with Crippen LogP contribution in [0.15, 0.2) is 54.6 Å². The Morgan fingerprint density at radius 1 is 1.13 bits per heavy atom. The Morgan fingerprint density at radius 2 is 1.77 bits per heavy atom. The van der Waals surface area contributed by atoms with Gasteiger partial charge in [-0.1, -0.05) is 42.5 Å². The topological polar surface area (TPSA) is 127 Å². The second-order valence-electron chi connectivity index (χ2n) is 6.56. The second kappa shape index (κ2) is 9.45. The summed E-state index contributed by atoms with van der Waals surface area (Å²) in [6.45, 7) is 1.80. The van der Waals surface area contributed by atoms with Crippen molar-refractivity contribution in [3.8, 4) is 0 Å². The number of hydrogen-bond donors (Lipinski definition) is 3. The van der Waals surface area contributed by atoms with Crippen LogP contribution in [0.1, 0.15) is 36.7 Å². The van der Waals surface area contributed by atoms with Gasteiger partial charge in [0.25, 0.3) is 17.5 Å². The van der Waals surface area contributed by atoms with Gasteiger partial charge in [0.05, 0.1) is 10.5 Å². The number of nitrogens with zero attached hydrogens (tertiary/aromatic N) is 1. The molecular formula is C21H18N4O4S2. The lowest BCUT2D eigenvalue weighted by Crippen LogP contribution is -2.34. The van der Waals surface area contributed by atoms with E-state index in [1.54, 1.807) is 6.92 Å². The number of nitrogens with two attached hydrogens (primary N) is 1. The molecule has 3 rings (SSSR count). The summed E-state index contributed by atoms with van der Waals surface area (Å²) >= 11 is 6.50. The number of nitro groups is 1. The minimum atomic E-state index is -0.733. The van der Waals surface area contributed by atoms with Crippen molar-refractivity contribution in [3.05, 3.63) is 91.8 Å². The van der Waals surface area contributed by atoms with Gasteiger partial charge in [-0.15, -0.1) is 11.3 Å². The minimum Gasteiger partial charge on any atom is -0.365 e. The van der Waals surface area contributed by atoms with Crippen LogP contribution in [-0.2, 0) is 6.42 Å². The third-order valence-electron chi connectivity index (χ3n) is 4.50. The Kier molecular flexibility index (Phi) is 6.73. The minimum absolute atomic E-state index is 0.0989. The van der Waals surface area contributed by atoms with E-state index in [-0.39, 0.29) is 16.4 Å². The summed E-state index contributed by atoms with van der Waals surface area (Å²) in [7, 11) is 0. The Bertz CT molecular complexity index is 1180. The van der Waals surface area contributed by atoms with Crippen LogP contribution in [0.4, 0.5) is 10.7 Å². The van der Waals surface area contributed by atoms with Crippen molar-refractivity contribution in [1.82, 2.24) is 5.32 Å². The van der Waals surface area contributed by atoms with Crippen molar-refractivity contribution < 1.29 is 14.5 Å². The maximum atomic E-state index is 12.5. The lowest BCUT2D eigenvalue weighted by molar-refractivity contribution is -0.385. The molecule has 0 atom stereocenters. The molecule has 0 saturated heterocycles. The third-order valence-corrected chi connectivity index (χ3v) is 5.91. The highest BCUT2D eigenvalue weighted by Crippen LogP contribution is 2.34. The molecule has 2 aromatic carbocycles. The van der Waals surface area contributed by atoms with E-state index in [4.69, 9.17) is 18.0 Å². The van der Waals surface area contributed by atoms with Gasteiger partial charge in [0.15, 0.2) is 5.11 Å². The van der Waals surface area contributed by atoms with Crippen LogP contribution in [0.5, 0.6) is 0 Å². The summed E-state index contributed by atoms with van der Waals surface area (Å²) in [5.41, 5.74) is 7.20. The zero-order valence-corrected chi connectivity index (χ0v) is 18.0. The number of thiocarbonyl (C=S) groups is 1. The molecule has 8 nitrogen and oxygen atoms in total. The number of thiophene rings is 1. The molecule has 31 heavy (non-hydrogen) atoms. The molecule has 0 aliphatic carbocycles. The van der Waals surface area contributed by atoms with E-state index in [0.29, 0.717) is 17.0 Å². The quantitative estimate of drug-likeness (QED) is 0.295. The summed E-state index contributed by atoms with van der Waals surface area (Å²) in [5, 5.41) is 16.7. The molecule has 158 valence electrons. The number of rotatable bonds is 6. The number of hydrogen-bond acceptors (Lipinski definition) is 6. The fraction of sp³-hybridized carbons (Fsp3) is 0.0952. The van der Waals surface area contributed by atoms with Gasteiger partial charge in [0, 0.05) is 17.4 Å². The van der Waals surface area contributed by atoms with E-state index in [9.17, 15) is 19.7 Å². The molecule has 0 aliphatic heterocycles. The molecular weight excluding hydrogens is 436 g/mol. The molecule has 0 unspecified atom stereocenters. The van der Waals surface area contributed by atoms with E-state index >= 15 is 0 Å². The summed E-state index contributed by atoms with van der Waals surface area (Å²) < 4.78 is 0. The molecule has 0 aliphatic rings. The zero-order valence-electron chi connectivity index (χ0n) is 16.4. The lowest BCUT2D eigenvalue weighted by Gasteiger charge is -2.09. The molecule has 1 aromatic heterocycles. The molecule has 2 amide bonds. The Labute approximate surface area is 187 Å². The first-order valence-corrected chi connectivity index (χ1v) is 10.3. The highest BCUT2D eigenvalue weighted by molar-refractivity contribution is 7.80. The number of anilines is 1. The SMILES string of the molecule is Cc1c(Cc2ccccc2)sc(NC(=S)NC(=O)c2ccccc2[N+](=O)[O-])c1C(N)=O. The van der Waals surface area contributed by atoms with Crippen LogP contribution < -0.4 is 16.4 Å². The van der Waals surface area contributed by atoms with Crippen LogP contribution in [-0.4, -0.2) is 21.9 Å². The van der Waals surface area contributed by atoms with Gasteiger partial charge >= 0.3 is 0 Å². The summed E-state index contributed by atoms with van der Waals surface area (Å²) in [6, 6.07) is 15.3. The number of para-hydroxylation sites is 1. The molecule has 0 saturated carbocycles. The van der Waals surface area contributed by atoms with Crippen molar-refractivity contribution in [2.45, 2.75) is 13.3 Å². The van der Waals surface area contributed by atoms with Crippen LogP contribution in [0, 0.1) is 17.0 Å². The van der Waals surface area contributed by atoms with Gasteiger partial charge in [-0.3, -0.25) is 25.0 Å². The fourth-order valence-corrected chi connectivity index (χ4v) is 4.53. The summed E-state index contributed by atoms with van der Waals surface area (Å²) in [6.07, 6.45) is 0.606. The molecule has 0 bridgehead atoms. The van der Waals surface area contributed by atoms with Crippen LogP contribution in [0.25, 0.3) is 0 Å². The van der Waals surface area contributed by atoms with Gasteiger partial charge in [0.2, 0.25) is 0 Å². The number of amides is 2. The number of primary amides is 1. The number of nitro benzene ring substituents is 1. The number of carbonyl (C=O) groups is 2. The van der Waals surface area contributed by atoms with E-state index < -0.39 is 16.7 Å². The molecule has 4 N–H and O–H groups in total. The zero-order chi connectivity index (χ0) is 22.5. The molecule has 0 fully saturated rings. The van der Waals surface area contributed by atoms with Gasteiger partial charge in [-0.2, -0.15) is 0 Å². The Morgan fingerprint density at radius 3 is 2.42 bits per heavy atom. The van der Waals surface area contributed by atoms with Crippen molar-refractivity contribution in [2.24, 2.45) is 5.73 Å². The van der Waals surface area contributed by atoms with Crippen molar-refractivity contribution in [2.75, 3.05) is 5.32 Å². The average molecular weight is 455 g/mol. The van der Waals surface area contributed by atoms with Crippen molar-refractivity contribution in [1.29, 1.82) is 0 Å². The number of carbonyl (C=O) groups excluding carboxylic acids is 2. The number of nitrogens with one attached hydrogen (secondary N) is 2. The van der Waals surface area contributed by atoms with E-state index in [2.05, 4.69) is 10.6 Å². The maximum absolute atomic E-state index is 12.5. The highest BCUT2D eigenvalue weighted by Gasteiger charge is 2.23. The van der Waals surface area contributed by atoms with Crippen LogP contribution >= 0.6 is 23.6 Å². The normalized spacial score (nSPS) is 10.4. The van der Waals surface area contributed by atoms with E-state index in [0.717, 1.165) is 16.0 Å². The van der Waals surface area contributed by atoms with E-state index in [1.807, 2.05) is 30.3 Å². The summed E-state index contributed by atoms with van der Waals surface area (Å²) in [5.74, 6) is -1.36. The highest BCUT2D eigenvalue weighted by atomic mass is 32.1. The Hall–Kier alpha value is -3.63. The van der Waals surface area contributed by atoms with Gasteiger partial charge in [-0.05, 0) is 36.3 Å². The standard InChI is InChI=1S/C21H18N4O4S2/c1-12-16(11-13-7-3-2-4-8-13)31-20(17(12)18(22)26)24-21(30)23-19(27)14-9-5-6-10-15(14)25(28)29/h2-10H,11H2,1H3,(H2,22,26)(H2,23,24,27,30). The first-order chi connectivity index (χ1) is 14.8. The van der Waals surface area contributed by atoms with Crippen LogP contribution in [0.3, 0.4) is 0 Å². The molecule has 1 heterocycles. The second-order valence-corrected chi connectivity index (χ2v) is 8.08. The van der Waals surface area contributed by atoms with Gasteiger partial charge in [-0.25, -0.2) is 0 Å².